The Morgan fingerprint density at radius 2 is 1.86 bits per heavy atom. The number of carbonyl (C=O) groups is 5. The number of Topliss-reactive ketones (excluding diaryl/α,β-unsaturated/α-hetero) is 4. The average molecular weight is 591 g/mol. The van der Waals surface area contributed by atoms with Crippen LogP contribution < -0.4 is 11.1 Å². The zero-order valence-corrected chi connectivity index (χ0v) is 25.0. The molecule has 0 spiro atoms. The van der Waals surface area contributed by atoms with Crippen LogP contribution in [0.1, 0.15) is 48.7 Å². The van der Waals surface area contributed by atoms with Gasteiger partial charge < -0.3 is 21.3 Å². The number of phenols is 1. The summed E-state index contributed by atoms with van der Waals surface area (Å²) >= 11 is 0. The van der Waals surface area contributed by atoms with E-state index in [2.05, 4.69) is 31.1 Å². The van der Waals surface area contributed by atoms with E-state index in [-0.39, 0.29) is 36.1 Å². The standard InChI is InChI=1S/C32H38N4O7/c1-31(2,3)14-34-13-16-11-17(20-8-6-7-9-35-20)18-10-15-12-19-24(36(4)5)27(39)23(30(33)42)29(41)32(19,43)28(40)21(15)26(38)22(18)25(16)37/h6-9,11,15,19,21,23-24,34,37,43H,10,12-14H2,1-5H3,(H2,33,42)/t15-,19-,21?,23?,24+,32-/m0/s1. The number of nitrogens with one attached hydrogen (secondary N) is 1. The van der Waals surface area contributed by atoms with Crippen molar-refractivity contribution >= 4 is 29.0 Å². The molecule has 0 radical (unpaired) electrons. The number of aromatic hydroxyl groups is 1. The van der Waals surface area contributed by atoms with E-state index in [1.807, 2.05) is 6.07 Å². The average Bonchev–Trinajstić information content (AvgIpc) is 2.91. The van der Waals surface area contributed by atoms with E-state index in [0.717, 1.165) is 0 Å². The highest BCUT2D eigenvalue weighted by molar-refractivity contribution is 6.32. The largest absolute Gasteiger partial charge is 0.507 e. The summed E-state index contributed by atoms with van der Waals surface area (Å²) in [5.41, 5.74) is 4.73. The van der Waals surface area contributed by atoms with Gasteiger partial charge in [-0.15, -0.1) is 0 Å². The Bertz CT molecular complexity index is 1530. The van der Waals surface area contributed by atoms with Gasteiger partial charge in [-0.2, -0.15) is 0 Å². The minimum absolute atomic E-state index is 0.0127. The molecule has 11 heteroatoms. The SMILES string of the molecule is CN(C)[C@H]1C(=O)C(C(N)=O)C(=O)[C@@]2(O)C(=O)C3C(=O)c4c(O)c(CNCC(C)(C)C)cc(-c5ccccn5)c4C[C@H]3C[C@@H]12. The predicted molar refractivity (Wildman–Crippen MR) is 156 cm³/mol. The Morgan fingerprint density at radius 1 is 1.16 bits per heavy atom. The lowest BCUT2D eigenvalue weighted by atomic mass is 9.52. The fourth-order valence-corrected chi connectivity index (χ4v) is 7.19. The van der Waals surface area contributed by atoms with Crippen LogP contribution in [-0.2, 0) is 32.1 Å². The number of carbonyl (C=O) groups excluding carboxylic acids is 5. The Morgan fingerprint density at radius 3 is 2.44 bits per heavy atom. The number of ketones is 4. The number of hydrogen-bond acceptors (Lipinski definition) is 10. The van der Waals surface area contributed by atoms with E-state index in [4.69, 9.17) is 5.73 Å². The van der Waals surface area contributed by atoms with Crippen LogP contribution in [0.3, 0.4) is 0 Å². The molecule has 43 heavy (non-hydrogen) atoms. The van der Waals surface area contributed by atoms with Gasteiger partial charge in [-0.05, 0) is 62.0 Å². The lowest BCUT2D eigenvalue weighted by Gasteiger charge is -2.52. The first kappa shape index (κ1) is 30.7. The van der Waals surface area contributed by atoms with E-state index >= 15 is 0 Å². The minimum atomic E-state index is -2.76. The first-order valence-electron chi connectivity index (χ1n) is 14.4. The zero-order valence-electron chi connectivity index (χ0n) is 25.0. The number of nitrogens with two attached hydrogens (primary N) is 1. The molecule has 11 nitrogen and oxygen atoms in total. The maximum atomic E-state index is 14.3. The van der Waals surface area contributed by atoms with Crippen molar-refractivity contribution in [3.63, 3.8) is 0 Å². The topological polar surface area (TPSA) is 180 Å². The third kappa shape index (κ3) is 4.89. The summed E-state index contributed by atoms with van der Waals surface area (Å²) in [4.78, 5) is 73.4. The predicted octanol–water partition coefficient (Wildman–Crippen LogP) is 1.06. The molecule has 1 aromatic carbocycles. The van der Waals surface area contributed by atoms with Gasteiger partial charge in [-0.1, -0.05) is 26.8 Å². The molecular formula is C32H38N4O7. The molecule has 0 bridgehead atoms. The van der Waals surface area contributed by atoms with Gasteiger partial charge in [0.15, 0.2) is 34.7 Å². The van der Waals surface area contributed by atoms with E-state index < -0.39 is 64.4 Å². The van der Waals surface area contributed by atoms with E-state index in [1.165, 1.54) is 4.90 Å². The highest BCUT2D eigenvalue weighted by atomic mass is 16.3. The van der Waals surface area contributed by atoms with Gasteiger partial charge in [-0.3, -0.25) is 33.9 Å². The monoisotopic (exact) mass is 590 g/mol. The van der Waals surface area contributed by atoms with Gasteiger partial charge >= 0.3 is 0 Å². The van der Waals surface area contributed by atoms with Crippen LogP contribution in [0.2, 0.25) is 0 Å². The Kier molecular flexibility index (Phi) is 7.65. The van der Waals surface area contributed by atoms with Crippen LogP contribution in [0, 0.1) is 29.1 Å². The van der Waals surface area contributed by atoms with Crippen molar-refractivity contribution in [1.29, 1.82) is 0 Å². The first-order chi connectivity index (χ1) is 20.1. The molecule has 1 amide bonds. The summed E-state index contributed by atoms with van der Waals surface area (Å²) in [6.45, 7) is 7.05. The molecule has 0 aliphatic heterocycles. The van der Waals surface area contributed by atoms with Gasteiger partial charge in [0.05, 0.1) is 23.2 Å². The van der Waals surface area contributed by atoms with Crippen LogP contribution in [0.4, 0.5) is 0 Å². The Hall–Kier alpha value is -3.80. The molecular weight excluding hydrogens is 552 g/mol. The molecule has 2 fully saturated rings. The lowest BCUT2D eigenvalue weighted by Crippen LogP contribution is -2.74. The molecule has 0 saturated heterocycles. The van der Waals surface area contributed by atoms with Gasteiger partial charge in [0.1, 0.15) is 5.75 Å². The molecule has 3 aliphatic carbocycles. The number of pyridine rings is 1. The summed E-state index contributed by atoms with van der Waals surface area (Å²) in [6, 6.07) is 6.02. The molecule has 228 valence electrons. The van der Waals surface area contributed by atoms with Crippen molar-refractivity contribution in [1.82, 2.24) is 15.2 Å². The van der Waals surface area contributed by atoms with Crippen molar-refractivity contribution in [3.8, 4) is 17.0 Å². The third-order valence-corrected chi connectivity index (χ3v) is 9.05. The fourth-order valence-electron chi connectivity index (χ4n) is 7.19. The van der Waals surface area contributed by atoms with Gasteiger partial charge in [0.2, 0.25) is 5.91 Å². The molecule has 2 unspecified atom stereocenters. The number of benzene rings is 1. The number of hydrogen-bond donors (Lipinski definition) is 4. The molecule has 1 heterocycles. The van der Waals surface area contributed by atoms with Gasteiger partial charge in [-0.25, -0.2) is 0 Å². The van der Waals surface area contributed by atoms with E-state index in [0.29, 0.717) is 28.9 Å². The van der Waals surface area contributed by atoms with Gasteiger partial charge in [0.25, 0.3) is 0 Å². The molecule has 5 rings (SSSR count). The zero-order chi connectivity index (χ0) is 31.6. The fraction of sp³-hybridized carbons (Fsp3) is 0.500. The van der Waals surface area contributed by atoms with Crippen molar-refractivity contribution < 1.29 is 34.2 Å². The molecule has 5 N–H and O–H groups in total. The molecule has 6 atom stereocenters. The minimum Gasteiger partial charge on any atom is -0.507 e. The van der Waals surface area contributed by atoms with Crippen LogP contribution >= 0.6 is 0 Å². The van der Waals surface area contributed by atoms with Crippen molar-refractivity contribution in [2.45, 2.75) is 51.8 Å². The number of aromatic nitrogens is 1. The number of amides is 1. The maximum Gasteiger partial charge on any atom is 0.235 e. The number of phenolic OH excluding ortho intramolecular Hbond substituents is 1. The highest BCUT2D eigenvalue weighted by Gasteiger charge is 2.69. The molecule has 2 saturated carbocycles. The second-order valence-corrected chi connectivity index (χ2v) is 13.5. The maximum absolute atomic E-state index is 14.3. The summed E-state index contributed by atoms with van der Waals surface area (Å²) in [5, 5.41) is 26.6. The van der Waals surface area contributed by atoms with E-state index in [9.17, 15) is 34.2 Å². The van der Waals surface area contributed by atoms with Crippen LogP contribution in [-0.4, -0.2) is 81.4 Å². The van der Waals surface area contributed by atoms with Crippen LogP contribution in [0.15, 0.2) is 30.5 Å². The lowest BCUT2D eigenvalue weighted by molar-refractivity contribution is -0.181. The molecule has 3 aliphatic rings. The molecule has 1 aromatic heterocycles. The van der Waals surface area contributed by atoms with E-state index in [1.54, 1.807) is 38.5 Å². The van der Waals surface area contributed by atoms with Crippen molar-refractivity contribution in [3.05, 3.63) is 47.2 Å². The Labute approximate surface area is 249 Å². The summed E-state index contributed by atoms with van der Waals surface area (Å²) in [7, 11) is 3.11. The van der Waals surface area contributed by atoms with Gasteiger partial charge in [0, 0.05) is 36.3 Å². The number of fused-ring (bicyclic) bond motifs is 3. The summed E-state index contributed by atoms with van der Waals surface area (Å²) in [5.74, 6) is -10.7. The number of primary amides is 1. The molecule has 2 aromatic rings. The number of aliphatic hydroxyl groups is 1. The number of nitrogens with zero attached hydrogens (tertiary/aromatic N) is 2. The smallest absolute Gasteiger partial charge is 0.235 e. The quantitative estimate of drug-likeness (QED) is 0.355. The van der Waals surface area contributed by atoms with Crippen LogP contribution in [0.25, 0.3) is 11.3 Å². The second-order valence-electron chi connectivity index (χ2n) is 13.5. The van der Waals surface area contributed by atoms with Crippen molar-refractivity contribution in [2.75, 3.05) is 20.6 Å². The van der Waals surface area contributed by atoms with Crippen molar-refractivity contribution in [2.24, 2.45) is 34.8 Å². The second kappa shape index (κ2) is 10.7. The summed E-state index contributed by atoms with van der Waals surface area (Å²) in [6.07, 6.45) is 1.78. The number of likely N-dealkylation sites (N-methyl/N-ethyl adjacent to an activating group) is 1. The number of rotatable bonds is 6. The Balaban J connectivity index is 1.65. The highest BCUT2D eigenvalue weighted by Crippen LogP contribution is 2.52. The van der Waals surface area contributed by atoms with Crippen LogP contribution in [0.5, 0.6) is 5.75 Å². The summed E-state index contributed by atoms with van der Waals surface area (Å²) < 4.78 is 0. The third-order valence-electron chi connectivity index (χ3n) is 9.05. The first-order valence-corrected chi connectivity index (χ1v) is 14.4. The normalized spacial score (nSPS) is 28.9.